The van der Waals surface area contributed by atoms with Gasteiger partial charge in [-0.3, -0.25) is 14.5 Å². The van der Waals surface area contributed by atoms with E-state index in [1.165, 1.54) is 18.4 Å². The fraction of sp³-hybridized carbons (Fsp3) is 0.320. The molecule has 0 bridgehead atoms. The lowest BCUT2D eigenvalue weighted by atomic mass is 10.2. The van der Waals surface area contributed by atoms with E-state index in [2.05, 4.69) is 25.8 Å². The number of aromatic nitrogens is 1. The van der Waals surface area contributed by atoms with Crippen LogP contribution in [0.4, 0.5) is 15.8 Å². The number of hydrogen-bond donors (Lipinski definition) is 3. The number of hydrogen-bond acceptors (Lipinski definition) is 9. The van der Waals surface area contributed by atoms with Crippen molar-refractivity contribution in [3.63, 3.8) is 0 Å². The van der Waals surface area contributed by atoms with Crippen molar-refractivity contribution in [2.75, 3.05) is 64.2 Å². The van der Waals surface area contributed by atoms with Gasteiger partial charge in [0, 0.05) is 37.9 Å². The maximum atomic E-state index is 12.9. The Balaban J connectivity index is 1.38. The van der Waals surface area contributed by atoms with Crippen molar-refractivity contribution in [2.24, 2.45) is 0 Å². The number of carbonyl (C=O) groups is 2. The molecule has 1 aliphatic heterocycles. The Hall–Kier alpha value is -3.67. The average Bonchev–Trinajstić information content (AvgIpc) is 3.31. The molecule has 11 heteroatoms. The van der Waals surface area contributed by atoms with E-state index in [1.807, 2.05) is 24.3 Å². The zero-order valence-electron chi connectivity index (χ0n) is 20.2. The lowest BCUT2D eigenvalue weighted by molar-refractivity contribution is 0.0322. The molecule has 3 aromatic rings. The zero-order chi connectivity index (χ0) is 25.3. The van der Waals surface area contributed by atoms with Gasteiger partial charge in [-0.05, 0) is 48.5 Å². The summed E-state index contributed by atoms with van der Waals surface area (Å²) in [5.41, 5.74) is 1.35. The molecule has 0 spiro atoms. The second-order valence-electron chi connectivity index (χ2n) is 7.91. The number of amides is 2. The summed E-state index contributed by atoms with van der Waals surface area (Å²) in [4.78, 5) is 31.9. The molecule has 2 amide bonds. The summed E-state index contributed by atoms with van der Waals surface area (Å²) in [6.45, 7) is 4.72. The summed E-state index contributed by atoms with van der Waals surface area (Å²) in [7, 11) is 3.11. The number of ether oxygens (including phenoxy) is 3. The highest BCUT2D eigenvalue weighted by atomic mass is 32.1. The Bertz CT molecular complexity index is 1160. The molecule has 0 unspecified atom stereocenters. The predicted molar refractivity (Wildman–Crippen MR) is 139 cm³/mol. The Morgan fingerprint density at radius 3 is 2.39 bits per heavy atom. The van der Waals surface area contributed by atoms with Crippen LogP contribution < -0.4 is 25.4 Å². The quantitative estimate of drug-likeness (QED) is 0.380. The smallest absolute Gasteiger partial charge is 0.272 e. The van der Waals surface area contributed by atoms with E-state index in [4.69, 9.17) is 14.2 Å². The molecule has 0 atom stereocenters. The van der Waals surface area contributed by atoms with Crippen LogP contribution in [0.3, 0.4) is 0 Å². The van der Waals surface area contributed by atoms with E-state index in [-0.39, 0.29) is 11.6 Å². The third kappa shape index (κ3) is 6.72. The highest BCUT2D eigenvalue weighted by Crippen LogP contribution is 2.31. The number of rotatable bonds is 10. The van der Waals surface area contributed by atoms with Crippen LogP contribution in [0.5, 0.6) is 11.5 Å². The Morgan fingerprint density at radius 1 is 1.03 bits per heavy atom. The third-order valence-corrected chi connectivity index (χ3v) is 6.42. The van der Waals surface area contributed by atoms with Gasteiger partial charge in [-0.15, -0.1) is 0 Å². The fourth-order valence-corrected chi connectivity index (χ4v) is 4.40. The normalized spacial score (nSPS) is 13.6. The second kappa shape index (κ2) is 12.3. The number of carbonyl (C=O) groups excluding carboxylic acids is 2. The minimum absolute atomic E-state index is 0.134. The van der Waals surface area contributed by atoms with E-state index in [0.717, 1.165) is 44.3 Å². The largest absolute Gasteiger partial charge is 0.497 e. The Kier molecular flexibility index (Phi) is 8.71. The summed E-state index contributed by atoms with van der Waals surface area (Å²) < 4.78 is 16.3. The molecule has 2 heterocycles. The molecule has 1 aromatic heterocycles. The van der Waals surface area contributed by atoms with E-state index in [9.17, 15) is 9.59 Å². The second-order valence-corrected chi connectivity index (χ2v) is 8.91. The minimum Gasteiger partial charge on any atom is -0.497 e. The van der Waals surface area contributed by atoms with Crippen molar-refractivity contribution in [3.05, 3.63) is 59.8 Å². The van der Waals surface area contributed by atoms with Crippen LogP contribution in [0.25, 0.3) is 0 Å². The van der Waals surface area contributed by atoms with Crippen molar-refractivity contribution in [1.29, 1.82) is 0 Å². The van der Waals surface area contributed by atoms with Gasteiger partial charge in [0.15, 0.2) is 10.8 Å². The summed E-state index contributed by atoms with van der Waals surface area (Å²) in [5.74, 6) is 0.676. The van der Waals surface area contributed by atoms with Gasteiger partial charge < -0.3 is 30.2 Å². The van der Waals surface area contributed by atoms with E-state index < -0.39 is 5.91 Å². The number of methoxy groups -OCH3 is 1. The van der Waals surface area contributed by atoms with Crippen molar-refractivity contribution in [2.45, 2.75) is 0 Å². The number of nitrogens with zero attached hydrogens (tertiary/aromatic N) is 2. The molecule has 190 valence electrons. The zero-order valence-corrected chi connectivity index (χ0v) is 21.0. The topological polar surface area (TPSA) is 114 Å². The van der Waals surface area contributed by atoms with Crippen molar-refractivity contribution in [1.82, 2.24) is 15.2 Å². The molecule has 36 heavy (non-hydrogen) atoms. The van der Waals surface area contributed by atoms with E-state index in [1.54, 1.807) is 31.4 Å². The van der Waals surface area contributed by atoms with Gasteiger partial charge in [0.2, 0.25) is 0 Å². The maximum Gasteiger partial charge on any atom is 0.272 e. The van der Waals surface area contributed by atoms with E-state index >= 15 is 0 Å². The van der Waals surface area contributed by atoms with Gasteiger partial charge >= 0.3 is 0 Å². The van der Waals surface area contributed by atoms with Crippen LogP contribution in [0.15, 0.2) is 48.5 Å². The summed E-state index contributed by atoms with van der Waals surface area (Å²) >= 11 is 1.17. The summed E-state index contributed by atoms with van der Waals surface area (Å²) in [6, 6.07) is 14.2. The first-order valence-electron chi connectivity index (χ1n) is 11.5. The van der Waals surface area contributed by atoms with Gasteiger partial charge in [-0.25, -0.2) is 4.98 Å². The SMILES string of the molecule is CNC(=O)c1nc(Nc2ccc(OC)cc2)sc1NC(=O)c1ccc(OCCN2CCOCC2)cc1. The predicted octanol–water partition coefficient (Wildman–Crippen LogP) is 3.22. The molecule has 0 aliphatic carbocycles. The van der Waals surface area contributed by atoms with Gasteiger partial charge in [-0.1, -0.05) is 11.3 Å². The first-order chi connectivity index (χ1) is 17.6. The Labute approximate surface area is 213 Å². The van der Waals surface area contributed by atoms with Gasteiger partial charge in [0.25, 0.3) is 11.8 Å². The van der Waals surface area contributed by atoms with Gasteiger partial charge in [0.05, 0.1) is 20.3 Å². The highest BCUT2D eigenvalue weighted by Gasteiger charge is 2.20. The first kappa shape index (κ1) is 25.4. The fourth-order valence-electron chi connectivity index (χ4n) is 3.52. The van der Waals surface area contributed by atoms with Crippen LogP contribution >= 0.6 is 11.3 Å². The molecule has 2 aromatic carbocycles. The summed E-state index contributed by atoms with van der Waals surface area (Å²) in [5, 5.41) is 9.34. The molecular formula is C25H29N5O5S. The molecule has 1 aliphatic rings. The Morgan fingerprint density at radius 2 is 1.72 bits per heavy atom. The highest BCUT2D eigenvalue weighted by molar-refractivity contribution is 7.20. The standard InChI is InChI=1S/C25H29N5O5S/c1-26-23(32)21-24(36-25(28-21)27-18-5-9-19(33-2)10-6-18)29-22(31)17-3-7-20(8-4-17)35-16-13-30-11-14-34-15-12-30/h3-10H,11-16H2,1-2H3,(H,26,32)(H,27,28)(H,29,31). The minimum atomic E-state index is -0.395. The molecule has 0 radical (unpaired) electrons. The van der Waals surface area contributed by atoms with Crippen LogP contribution in [-0.4, -0.2) is 75.3 Å². The molecule has 3 N–H and O–H groups in total. The molecule has 10 nitrogen and oxygen atoms in total. The van der Waals surface area contributed by atoms with Crippen LogP contribution in [-0.2, 0) is 4.74 Å². The number of anilines is 3. The first-order valence-corrected chi connectivity index (χ1v) is 12.4. The monoisotopic (exact) mass is 511 g/mol. The maximum absolute atomic E-state index is 12.9. The molecule has 0 saturated carbocycles. The lowest BCUT2D eigenvalue weighted by Crippen LogP contribution is -2.38. The number of nitrogens with one attached hydrogen (secondary N) is 3. The number of benzene rings is 2. The van der Waals surface area contributed by atoms with E-state index in [0.29, 0.717) is 28.1 Å². The molecular weight excluding hydrogens is 482 g/mol. The lowest BCUT2D eigenvalue weighted by Gasteiger charge is -2.26. The molecule has 4 rings (SSSR count). The molecule has 1 saturated heterocycles. The molecule has 1 fully saturated rings. The van der Waals surface area contributed by atoms with Gasteiger partial charge in [0.1, 0.15) is 23.1 Å². The van der Waals surface area contributed by atoms with Crippen LogP contribution in [0.1, 0.15) is 20.8 Å². The van der Waals surface area contributed by atoms with Crippen LogP contribution in [0.2, 0.25) is 0 Å². The van der Waals surface area contributed by atoms with Crippen LogP contribution in [0, 0.1) is 0 Å². The van der Waals surface area contributed by atoms with Crippen molar-refractivity contribution < 1.29 is 23.8 Å². The number of thiazole rings is 1. The van der Waals surface area contributed by atoms with Crippen molar-refractivity contribution >= 4 is 39.0 Å². The van der Waals surface area contributed by atoms with Gasteiger partial charge in [-0.2, -0.15) is 0 Å². The average molecular weight is 512 g/mol. The third-order valence-electron chi connectivity index (χ3n) is 5.53. The van der Waals surface area contributed by atoms with Crippen molar-refractivity contribution in [3.8, 4) is 11.5 Å². The number of morpholine rings is 1. The summed E-state index contributed by atoms with van der Waals surface area (Å²) in [6.07, 6.45) is 0.